The number of para-hydroxylation sites is 2. The Morgan fingerprint density at radius 1 is 1.00 bits per heavy atom. The zero-order valence-corrected chi connectivity index (χ0v) is 20.5. The Morgan fingerprint density at radius 3 is 2.37 bits per heavy atom. The van der Waals surface area contributed by atoms with E-state index >= 15 is 0 Å². The molecule has 0 bridgehead atoms. The number of rotatable bonds is 7. The summed E-state index contributed by atoms with van der Waals surface area (Å²) in [6, 6.07) is 11.0. The molecule has 0 unspecified atom stereocenters. The summed E-state index contributed by atoms with van der Waals surface area (Å²) in [4.78, 5) is 36.5. The molecule has 3 aromatic rings. The molecule has 0 saturated carbocycles. The van der Waals surface area contributed by atoms with Gasteiger partial charge in [0.05, 0.1) is 25.0 Å². The Bertz CT molecular complexity index is 1200. The third kappa shape index (κ3) is 6.02. The van der Waals surface area contributed by atoms with E-state index < -0.39 is 0 Å². The fourth-order valence-electron chi connectivity index (χ4n) is 4.26. The number of likely N-dealkylation sites (tertiary alicyclic amines) is 1. The Labute approximate surface area is 204 Å². The molecule has 0 aliphatic carbocycles. The molecule has 35 heavy (non-hydrogen) atoms. The summed E-state index contributed by atoms with van der Waals surface area (Å²) in [6.45, 7) is 7.21. The molecule has 2 N–H and O–H groups in total. The highest BCUT2D eigenvalue weighted by Gasteiger charge is 2.27. The van der Waals surface area contributed by atoms with Gasteiger partial charge in [0, 0.05) is 23.4 Å². The molecule has 1 aliphatic rings. The average Bonchev–Trinajstić information content (AvgIpc) is 3.19. The highest BCUT2D eigenvalue weighted by atomic mass is 16.5. The molecule has 1 aromatic carbocycles. The van der Waals surface area contributed by atoms with Crippen molar-refractivity contribution in [3.8, 4) is 11.7 Å². The molecule has 0 spiro atoms. The van der Waals surface area contributed by atoms with Gasteiger partial charge < -0.3 is 15.4 Å². The first-order chi connectivity index (χ1) is 16.8. The Morgan fingerprint density at radius 2 is 1.69 bits per heavy atom. The summed E-state index contributed by atoms with van der Waals surface area (Å²) < 4.78 is 6.87. The fraction of sp³-hybridized carbons (Fsp3) is 0.400. The number of anilines is 2. The minimum Gasteiger partial charge on any atom is -0.495 e. The van der Waals surface area contributed by atoms with E-state index in [4.69, 9.17) is 4.74 Å². The van der Waals surface area contributed by atoms with Gasteiger partial charge >= 0.3 is 0 Å². The number of nitrogens with zero attached hydrogens (tertiary/aromatic N) is 5. The van der Waals surface area contributed by atoms with Crippen molar-refractivity contribution < 1.29 is 14.3 Å². The molecular weight excluding hydrogens is 446 g/mol. The Balaban J connectivity index is 1.32. The van der Waals surface area contributed by atoms with Crippen molar-refractivity contribution in [1.82, 2.24) is 24.6 Å². The fourth-order valence-corrected chi connectivity index (χ4v) is 4.26. The molecule has 184 valence electrons. The van der Waals surface area contributed by atoms with Gasteiger partial charge in [0.2, 0.25) is 11.8 Å². The summed E-state index contributed by atoms with van der Waals surface area (Å²) in [6.07, 6.45) is 1.36. The zero-order chi connectivity index (χ0) is 24.9. The van der Waals surface area contributed by atoms with E-state index in [1.807, 2.05) is 51.1 Å². The number of ether oxygens (including phenoxy) is 1. The second kappa shape index (κ2) is 10.6. The van der Waals surface area contributed by atoms with Crippen LogP contribution in [0.1, 0.15) is 29.9 Å². The SMILES string of the molecule is COc1ccccc1NC(=O)C1CCN(CC(=O)Nc2cc(C)nn2-c2nc(C)cc(C)n2)CC1. The first kappa shape index (κ1) is 24.3. The Kier molecular flexibility index (Phi) is 7.40. The van der Waals surface area contributed by atoms with Crippen LogP contribution in [0, 0.1) is 26.7 Å². The minimum absolute atomic E-state index is 0.0218. The van der Waals surface area contributed by atoms with E-state index in [1.165, 1.54) is 0 Å². The van der Waals surface area contributed by atoms with Crippen molar-refractivity contribution in [2.45, 2.75) is 33.6 Å². The molecule has 3 heterocycles. The average molecular weight is 478 g/mol. The van der Waals surface area contributed by atoms with Crippen LogP contribution in [0.3, 0.4) is 0 Å². The number of amides is 2. The number of piperidine rings is 1. The monoisotopic (exact) mass is 477 g/mol. The summed E-state index contributed by atoms with van der Waals surface area (Å²) in [5, 5.41) is 10.4. The summed E-state index contributed by atoms with van der Waals surface area (Å²) >= 11 is 0. The highest BCUT2D eigenvalue weighted by Crippen LogP contribution is 2.26. The van der Waals surface area contributed by atoms with Gasteiger partial charge in [-0.3, -0.25) is 14.5 Å². The van der Waals surface area contributed by atoms with Crippen LogP contribution in [-0.4, -0.2) is 63.2 Å². The van der Waals surface area contributed by atoms with Crippen LogP contribution in [0.15, 0.2) is 36.4 Å². The lowest BCUT2D eigenvalue weighted by Crippen LogP contribution is -2.42. The summed E-state index contributed by atoms with van der Waals surface area (Å²) in [7, 11) is 1.58. The number of carbonyl (C=O) groups is 2. The van der Waals surface area contributed by atoms with Crippen molar-refractivity contribution in [1.29, 1.82) is 0 Å². The molecule has 0 radical (unpaired) electrons. The molecule has 1 saturated heterocycles. The quantitative estimate of drug-likeness (QED) is 0.538. The maximum Gasteiger partial charge on any atom is 0.252 e. The molecule has 1 aliphatic heterocycles. The van der Waals surface area contributed by atoms with Gasteiger partial charge in [-0.15, -0.1) is 0 Å². The van der Waals surface area contributed by atoms with E-state index in [0.29, 0.717) is 49.1 Å². The molecule has 2 aromatic heterocycles. The lowest BCUT2D eigenvalue weighted by atomic mass is 9.95. The molecule has 0 atom stereocenters. The van der Waals surface area contributed by atoms with E-state index in [2.05, 4.69) is 30.6 Å². The number of methoxy groups -OCH3 is 1. The first-order valence-corrected chi connectivity index (χ1v) is 11.7. The van der Waals surface area contributed by atoms with E-state index in [-0.39, 0.29) is 24.3 Å². The number of nitrogens with one attached hydrogen (secondary N) is 2. The van der Waals surface area contributed by atoms with Gasteiger partial charge in [-0.25, -0.2) is 9.97 Å². The van der Waals surface area contributed by atoms with Crippen molar-refractivity contribution in [3.63, 3.8) is 0 Å². The molecule has 2 amide bonds. The van der Waals surface area contributed by atoms with E-state index in [0.717, 1.165) is 17.1 Å². The predicted molar refractivity (Wildman–Crippen MR) is 133 cm³/mol. The highest BCUT2D eigenvalue weighted by molar-refractivity contribution is 5.94. The topological polar surface area (TPSA) is 114 Å². The lowest BCUT2D eigenvalue weighted by molar-refractivity contribution is -0.121. The van der Waals surface area contributed by atoms with Crippen molar-refractivity contribution in [2.75, 3.05) is 37.4 Å². The number of carbonyl (C=O) groups excluding carboxylic acids is 2. The van der Waals surface area contributed by atoms with E-state index in [9.17, 15) is 9.59 Å². The van der Waals surface area contributed by atoms with E-state index in [1.54, 1.807) is 17.9 Å². The number of aromatic nitrogens is 4. The molecular formula is C25H31N7O3. The molecule has 10 heteroatoms. The van der Waals surface area contributed by atoms with Crippen LogP contribution in [0.5, 0.6) is 5.75 Å². The van der Waals surface area contributed by atoms with Gasteiger partial charge in [-0.2, -0.15) is 9.78 Å². The number of hydrogen-bond donors (Lipinski definition) is 2. The summed E-state index contributed by atoms with van der Waals surface area (Å²) in [5.41, 5.74) is 3.08. The minimum atomic E-state index is -0.146. The molecule has 10 nitrogen and oxygen atoms in total. The van der Waals surface area contributed by atoms with Crippen LogP contribution >= 0.6 is 0 Å². The maximum absolute atomic E-state index is 12.8. The smallest absolute Gasteiger partial charge is 0.252 e. The molecule has 4 rings (SSSR count). The second-order valence-corrected chi connectivity index (χ2v) is 8.82. The first-order valence-electron chi connectivity index (χ1n) is 11.7. The van der Waals surface area contributed by atoms with Crippen molar-refractivity contribution in [3.05, 3.63) is 53.5 Å². The van der Waals surface area contributed by atoms with Crippen molar-refractivity contribution >= 4 is 23.3 Å². The van der Waals surface area contributed by atoms with Crippen molar-refractivity contribution in [2.24, 2.45) is 5.92 Å². The third-order valence-electron chi connectivity index (χ3n) is 5.95. The van der Waals surface area contributed by atoms with Crippen LogP contribution < -0.4 is 15.4 Å². The van der Waals surface area contributed by atoms with Crippen LogP contribution in [0.4, 0.5) is 11.5 Å². The van der Waals surface area contributed by atoms with Gasteiger partial charge in [-0.1, -0.05) is 12.1 Å². The molecule has 1 fully saturated rings. The third-order valence-corrected chi connectivity index (χ3v) is 5.95. The van der Waals surface area contributed by atoms with Gasteiger partial charge in [0.1, 0.15) is 11.6 Å². The second-order valence-electron chi connectivity index (χ2n) is 8.82. The van der Waals surface area contributed by atoms with Gasteiger partial charge in [-0.05, 0) is 64.9 Å². The zero-order valence-electron chi connectivity index (χ0n) is 20.5. The normalized spacial score (nSPS) is 14.5. The van der Waals surface area contributed by atoms with Gasteiger partial charge in [0.15, 0.2) is 0 Å². The lowest BCUT2D eigenvalue weighted by Gasteiger charge is -2.30. The maximum atomic E-state index is 12.8. The number of hydrogen-bond acceptors (Lipinski definition) is 7. The predicted octanol–water partition coefficient (Wildman–Crippen LogP) is 2.89. The largest absolute Gasteiger partial charge is 0.495 e. The van der Waals surface area contributed by atoms with Crippen LogP contribution in [0.2, 0.25) is 0 Å². The summed E-state index contributed by atoms with van der Waals surface area (Å²) in [5.74, 6) is 1.32. The number of benzene rings is 1. The number of aryl methyl sites for hydroxylation is 3. The standard InChI is InChI=1S/C25H31N7O3/c1-16-13-17(2)27-25(26-16)32-22(14-18(3)30-32)29-23(33)15-31-11-9-19(10-12-31)24(34)28-20-7-5-6-8-21(20)35-4/h5-8,13-14,19H,9-12,15H2,1-4H3,(H,28,34)(H,29,33). The Hall–Kier alpha value is -3.79. The van der Waals surface area contributed by atoms with Gasteiger partial charge in [0.25, 0.3) is 5.95 Å². The van der Waals surface area contributed by atoms with Crippen LogP contribution in [-0.2, 0) is 9.59 Å². The van der Waals surface area contributed by atoms with Crippen LogP contribution in [0.25, 0.3) is 5.95 Å².